The highest BCUT2D eigenvalue weighted by Crippen LogP contribution is 2.23. The van der Waals surface area contributed by atoms with Gasteiger partial charge >= 0.3 is 0 Å². The molecule has 0 radical (unpaired) electrons. The summed E-state index contributed by atoms with van der Waals surface area (Å²) in [5, 5.41) is 2.83. The molecule has 2 aromatic rings. The minimum Gasteiger partial charge on any atom is -0.491 e. The fraction of sp³-hybridized carbons (Fsp3) is 0.409. The molecule has 176 valence electrons. The molecule has 0 aromatic heterocycles. The van der Waals surface area contributed by atoms with E-state index in [9.17, 15) is 21.6 Å². The summed E-state index contributed by atoms with van der Waals surface area (Å²) in [6, 6.07) is 12.4. The molecule has 0 spiro atoms. The molecule has 1 amide bonds. The van der Waals surface area contributed by atoms with Crippen molar-refractivity contribution in [3.05, 3.63) is 54.1 Å². The Kier molecular flexibility index (Phi) is 8.30. The fourth-order valence-electron chi connectivity index (χ4n) is 3.10. The first kappa shape index (κ1) is 25.7. The maximum atomic E-state index is 12.7. The molecular formula is C22H30N2O6S2. The van der Waals surface area contributed by atoms with E-state index in [-0.39, 0.29) is 23.6 Å². The number of nitrogens with zero attached hydrogens (tertiary/aromatic N) is 1. The summed E-state index contributed by atoms with van der Waals surface area (Å²) >= 11 is 0. The van der Waals surface area contributed by atoms with Crippen LogP contribution in [0.3, 0.4) is 0 Å². The number of amides is 1. The Bertz CT molecular complexity index is 1130. The lowest BCUT2D eigenvalue weighted by molar-refractivity contribution is -0.120. The minimum atomic E-state index is -3.71. The Morgan fingerprint density at radius 2 is 1.53 bits per heavy atom. The van der Waals surface area contributed by atoms with Crippen LogP contribution >= 0.6 is 0 Å². The zero-order valence-corrected chi connectivity index (χ0v) is 20.5. The molecule has 0 aliphatic carbocycles. The number of hydrogen-bond donors (Lipinski definition) is 1. The van der Waals surface area contributed by atoms with Gasteiger partial charge in [-0.2, -0.15) is 0 Å². The average Bonchev–Trinajstić information content (AvgIpc) is 2.69. The van der Waals surface area contributed by atoms with Gasteiger partial charge in [-0.3, -0.25) is 9.10 Å². The van der Waals surface area contributed by atoms with Gasteiger partial charge in [0.25, 0.3) is 0 Å². The van der Waals surface area contributed by atoms with E-state index in [1.807, 2.05) is 20.8 Å². The third kappa shape index (κ3) is 7.23. The largest absolute Gasteiger partial charge is 0.491 e. The van der Waals surface area contributed by atoms with Crippen LogP contribution in [0.5, 0.6) is 5.75 Å². The molecule has 1 atom stereocenters. The number of carbonyl (C=O) groups is 1. The summed E-state index contributed by atoms with van der Waals surface area (Å²) in [7, 11) is -7.03. The van der Waals surface area contributed by atoms with Gasteiger partial charge < -0.3 is 10.1 Å². The number of ether oxygens (including phenoxy) is 1. The van der Waals surface area contributed by atoms with Gasteiger partial charge in [0.05, 0.1) is 29.0 Å². The predicted octanol–water partition coefficient (Wildman–Crippen LogP) is 2.91. The Hall–Kier alpha value is -2.59. The van der Waals surface area contributed by atoms with Crippen molar-refractivity contribution in [1.82, 2.24) is 5.32 Å². The van der Waals surface area contributed by atoms with Crippen molar-refractivity contribution in [2.24, 2.45) is 0 Å². The second-order valence-electron chi connectivity index (χ2n) is 7.80. The molecule has 0 saturated carbocycles. The van der Waals surface area contributed by atoms with Crippen molar-refractivity contribution < 1.29 is 26.4 Å². The van der Waals surface area contributed by atoms with Crippen molar-refractivity contribution in [2.45, 2.75) is 44.2 Å². The molecular weight excluding hydrogens is 452 g/mol. The second-order valence-corrected chi connectivity index (χ2v) is 11.7. The molecule has 10 heteroatoms. The van der Waals surface area contributed by atoms with Crippen molar-refractivity contribution in [3.8, 4) is 5.75 Å². The smallest absolute Gasteiger partial charge is 0.241 e. The molecule has 32 heavy (non-hydrogen) atoms. The molecule has 8 nitrogen and oxygen atoms in total. The molecule has 0 aliphatic rings. The van der Waals surface area contributed by atoms with Crippen molar-refractivity contribution in [3.63, 3.8) is 0 Å². The SMILES string of the molecule is CCC(NC(=O)CN(c1ccc(OC(C)C)cc1)S(C)(=O)=O)c1ccc(S(C)(=O)=O)cc1. The number of carbonyl (C=O) groups excluding carboxylic acids is 1. The first-order chi connectivity index (χ1) is 14.8. The summed E-state index contributed by atoms with van der Waals surface area (Å²) in [6.45, 7) is 5.26. The van der Waals surface area contributed by atoms with Gasteiger partial charge in [0.1, 0.15) is 12.3 Å². The van der Waals surface area contributed by atoms with E-state index in [0.29, 0.717) is 17.9 Å². The van der Waals surface area contributed by atoms with Crippen LogP contribution < -0.4 is 14.4 Å². The molecule has 0 aliphatic heterocycles. The lowest BCUT2D eigenvalue weighted by Crippen LogP contribution is -2.41. The predicted molar refractivity (Wildman–Crippen MR) is 125 cm³/mol. The molecule has 2 aromatic carbocycles. The van der Waals surface area contributed by atoms with Gasteiger partial charge in [-0.25, -0.2) is 16.8 Å². The number of anilines is 1. The molecule has 0 bridgehead atoms. The molecule has 0 fully saturated rings. The van der Waals surface area contributed by atoms with Crippen LogP contribution in [0.25, 0.3) is 0 Å². The van der Waals surface area contributed by atoms with E-state index >= 15 is 0 Å². The maximum Gasteiger partial charge on any atom is 0.241 e. The number of benzene rings is 2. The number of sulfone groups is 1. The van der Waals surface area contributed by atoms with Gasteiger partial charge in [0, 0.05) is 6.26 Å². The Balaban J connectivity index is 2.17. The van der Waals surface area contributed by atoms with Gasteiger partial charge in [0.15, 0.2) is 9.84 Å². The summed E-state index contributed by atoms with van der Waals surface area (Å²) in [5.74, 6) is 0.127. The molecule has 0 saturated heterocycles. The lowest BCUT2D eigenvalue weighted by atomic mass is 10.0. The first-order valence-electron chi connectivity index (χ1n) is 10.1. The summed E-state index contributed by atoms with van der Waals surface area (Å²) < 4.78 is 54.6. The number of nitrogens with one attached hydrogen (secondary N) is 1. The number of rotatable bonds is 10. The second kappa shape index (κ2) is 10.4. The highest BCUT2D eigenvalue weighted by Gasteiger charge is 2.23. The molecule has 0 heterocycles. The minimum absolute atomic E-state index is 0.0184. The van der Waals surface area contributed by atoms with Gasteiger partial charge in [0.2, 0.25) is 15.9 Å². The number of hydrogen-bond acceptors (Lipinski definition) is 6. The zero-order chi connectivity index (χ0) is 24.1. The van der Waals surface area contributed by atoms with Crippen molar-refractivity contribution in [1.29, 1.82) is 0 Å². The van der Waals surface area contributed by atoms with Crippen LogP contribution in [0.4, 0.5) is 5.69 Å². The van der Waals surface area contributed by atoms with Crippen molar-refractivity contribution >= 4 is 31.5 Å². The van der Waals surface area contributed by atoms with E-state index < -0.39 is 25.8 Å². The van der Waals surface area contributed by atoms with Crippen LogP contribution in [0.2, 0.25) is 0 Å². The monoisotopic (exact) mass is 482 g/mol. The quantitative estimate of drug-likeness (QED) is 0.558. The van der Waals surface area contributed by atoms with Gasteiger partial charge in [-0.1, -0.05) is 19.1 Å². The van der Waals surface area contributed by atoms with E-state index in [1.165, 1.54) is 12.1 Å². The van der Waals surface area contributed by atoms with Crippen LogP contribution in [0, 0.1) is 0 Å². The molecule has 1 N–H and O–H groups in total. The first-order valence-corrected chi connectivity index (χ1v) is 13.9. The van der Waals surface area contributed by atoms with Crippen LogP contribution in [0.15, 0.2) is 53.4 Å². The highest BCUT2D eigenvalue weighted by molar-refractivity contribution is 7.92. The Morgan fingerprint density at radius 3 is 1.97 bits per heavy atom. The van der Waals surface area contributed by atoms with Crippen LogP contribution in [0.1, 0.15) is 38.8 Å². The van der Waals surface area contributed by atoms with Crippen molar-refractivity contribution in [2.75, 3.05) is 23.4 Å². The van der Waals surface area contributed by atoms with Gasteiger partial charge in [-0.05, 0) is 62.2 Å². The van der Waals surface area contributed by atoms with E-state index in [0.717, 1.165) is 22.4 Å². The topological polar surface area (TPSA) is 110 Å². The van der Waals surface area contributed by atoms with E-state index in [1.54, 1.807) is 36.4 Å². The summed E-state index contributed by atoms with van der Waals surface area (Å²) in [5.41, 5.74) is 1.08. The Labute approximate surface area is 190 Å². The number of sulfonamides is 1. The normalized spacial score (nSPS) is 12.9. The Morgan fingerprint density at radius 1 is 0.969 bits per heavy atom. The highest BCUT2D eigenvalue weighted by atomic mass is 32.2. The van der Waals surface area contributed by atoms with E-state index in [4.69, 9.17) is 4.74 Å². The summed E-state index contributed by atoms with van der Waals surface area (Å²) in [6.07, 6.45) is 2.70. The maximum absolute atomic E-state index is 12.7. The average molecular weight is 483 g/mol. The standard InChI is InChI=1S/C22H30N2O6S2/c1-6-21(17-7-13-20(14-8-17)31(4,26)27)23-22(25)15-24(32(5,28)29)18-9-11-19(12-10-18)30-16(2)3/h7-14,16,21H,6,15H2,1-5H3,(H,23,25). The van der Waals surface area contributed by atoms with E-state index in [2.05, 4.69) is 5.32 Å². The third-order valence-corrected chi connectivity index (χ3v) is 6.91. The zero-order valence-electron chi connectivity index (χ0n) is 18.9. The van der Waals surface area contributed by atoms with Crippen LogP contribution in [-0.2, 0) is 24.7 Å². The third-order valence-electron chi connectivity index (χ3n) is 4.64. The lowest BCUT2D eigenvalue weighted by Gasteiger charge is -2.24. The van der Waals surface area contributed by atoms with Gasteiger partial charge in [-0.15, -0.1) is 0 Å². The fourth-order valence-corrected chi connectivity index (χ4v) is 4.59. The summed E-state index contributed by atoms with van der Waals surface area (Å²) in [4.78, 5) is 12.9. The molecule has 1 unspecified atom stereocenters. The molecule has 2 rings (SSSR count). The van der Waals surface area contributed by atoms with Crippen LogP contribution in [-0.4, -0.2) is 47.9 Å².